The first kappa shape index (κ1) is 16.8. The lowest BCUT2D eigenvalue weighted by Crippen LogP contribution is -2.17. The SMILES string of the molecule is CC(CC(=O)O)CC(=O)Nc1ccc(OC(F)F)c(F)c1. The number of carbonyl (C=O) groups is 2. The van der Waals surface area contributed by atoms with E-state index in [0.29, 0.717) is 0 Å². The van der Waals surface area contributed by atoms with E-state index in [1.54, 1.807) is 6.92 Å². The van der Waals surface area contributed by atoms with E-state index < -0.39 is 30.1 Å². The monoisotopic (exact) mass is 305 g/mol. The van der Waals surface area contributed by atoms with E-state index >= 15 is 0 Å². The fraction of sp³-hybridized carbons (Fsp3) is 0.385. The van der Waals surface area contributed by atoms with E-state index in [4.69, 9.17) is 5.11 Å². The molecular formula is C13H14F3NO4. The molecule has 1 unspecified atom stereocenters. The predicted molar refractivity (Wildman–Crippen MR) is 67.7 cm³/mol. The molecule has 2 N–H and O–H groups in total. The van der Waals surface area contributed by atoms with Crippen molar-refractivity contribution in [2.45, 2.75) is 26.4 Å². The number of carbonyl (C=O) groups excluding carboxylic acids is 1. The van der Waals surface area contributed by atoms with Gasteiger partial charge in [0.25, 0.3) is 0 Å². The van der Waals surface area contributed by atoms with Gasteiger partial charge in [0.15, 0.2) is 11.6 Å². The van der Waals surface area contributed by atoms with Crippen LogP contribution in [0.1, 0.15) is 19.8 Å². The summed E-state index contributed by atoms with van der Waals surface area (Å²) in [7, 11) is 0. The molecule has 21 heavy (non-hydrogen) atoms. The molecule has 0 spiro atoms. The summed E-state index contributed by atoms with van der Waals surface area (Å²) in [6, 6.07) is 3.02. The van der Waals surface area contributed by atoms with E-state index in [-0.39, 0.29) is 24.4 Å². The largest absolute Gasteiger partial charge is 0.481 e. The van der Waals surface area contributed by atoms with Crippen molar-refractivity contribution in [1.82, 2.24) is 0 Å². The fourth-order valence-electron chi connectivity index (χ4n) is 1.67. The Hall–Kier alpha value is -2.25. The summed E-state index contributed by atoms with van der Waals surface area (Å²) in [6.07, 6.45) is -0.216. The maximum atomic E-state index is 13.4. The van der Waals surface area contributed by atoms with Crippen LogP contribution >= 0.6 is 0 Å². The Morgan fingerprint density at radius 2 is 2.00 bits per heavy atom. The van der Waals surface area contributed by atoms with Crippen molar-refractivity contribution in [3.63, 3.8) is 0 Å². The summed E-state index contributed by atoms with van der Waals surface area (Å²) < 4.78 is 41.2. The van der Waals surface area contributed by atoms with Crippen LogP contribution in [0.4, 0.5) is 18.9 Å². The Morgan fingerprint density at radius 3 is 2.52 bits per heavy atom. The number of anilines is 1. The fourth-order valence-corrected chi connectivity index (χ4v) is 1.67. The van der Waals surface area contributed by atoms with Crippen LogP contribution in [0.5, 0.6) is 5.75 Å². The van der Waals surface area contributed by atoms with Gasteiger partial charge in [-0.3, -0.25) is 9.59 Å². The smallest absolute Gasteiger partial charge is 0.387 e. The van der Waals surface area contributed by atoms with Crippen LogP contribution in [0, 0.1) is 11.7 Å². The molecule has 8 heteroatoms. The molecule has 0 aromatic heterocycles. The summed E-state index contributed by atoms with van der Waals surface area (Å²) >= 11 is 0. The van der Waals surface area contributed by atoms with E-state index in [0.717, 1.165) is 12.1 Å². The molecule has 1 rings (SSSR count). The van der Waals surface area contributed by atoms with Gasteiger partial charge in [0, 0.05) is 24.6 Å². The second-order valence-electron chi connectivity index (χ2n) is 4.48. The van der Waals surface area contributed by atoms with Gasteiger partial charge >= 0.3 is 12.6 Å². The molecule has 1 atom stereocenters. The second-order valence-corrected chi connectivity index (χ2v) is 4.48. The molecule has 1 aromatic rings. The lowest BCUT2D eigenvalue weighted by Gasteiger charge is -2.11. The minimum atomic E-state index is -3.14. The third-order valence-corrected chi connectivity index (χ3v) is 2.49. The minimum absolute atomic E-state index is 0.0524. The van der Waals surface area contributed by atoms with Crippen molar-refractivity contribution in [2.24, 2.45) is 5.92 Å². The van der Waals surface area contributed by atoms with Gasteiger partial charge < -0.3 is 15.2 Å². The van der Waals surface area contributed by atoms with Crippen molar-refractivity contribution in [3.05, 3.63) is 24.0 Å². The molecule has 0 fully saturated rings. The Kier molecular flexibility index (Phi) is 6.01. The van der Waals surface area contributed by atoms with Gasteiger partial charge in [0.2, 0.25) is 5.91 Å². The zero-order valence-corrected chi connectivity index (χ0v) is 11.1. The number of benzene rings is 1. The Morgan fingerprint density at radius 1 is 1.33 bits per heavy atom. The molecular weight excluding hydrogens is 291 g/mol. The maximum absolute atomic E-state index is 13.4. The van der Waals surface area contributed by atoms with E-state index in [9.17, 15) is 22.8 Å². The van der Waals surface area contributed by atoms with Gasteiger partial charge in [-0.15, -0.1) is 0 Å². The Balaban J connectivity index is 2.60. The molecule has 1 aromatic carbocycles. The van der Waals surface area contributed by atoms with Crippen molar-refractivity contribution >= 4 is 17.6 Å². The van der Waals surface area contributed by atoms with Crippen molar-refractivity contribution in [2.75, 3.05) is 5.32 Å². The number of carboxylic acids is 1. The van der Waals surface area contributed by atoms with Crippen LogP contribution in [0.2, 0.25) is 0 Å². The van der Waals surface area contributed by atoms with Gasteiger partial charge in [-0.1, -0.05) is 6.92 Å². The zero-order valence-electron chi connectivity index (χ0n) is 11.1. The van der Waals surface area contributed by atoms with Gasteiger partial charge in [0.05, 0.1) is 0 Å². The van der Waals surface area contributed by atoms with Crippen LogP contribution in [0.25, 0.3) is 0 Å². The van der Waals surface area contributed by atoms with Crippen LogP contribution in [0.3, 0.4) is 0 Å². The molecule has 0 saturated carbocycles. The summed E-state index contributed by atoms with van der Waals surface area (Å²) in [4.78, 5) is 22.1. The molecule has 0 aliphatic heterocycles. The van der Waals surface area contributed by atoms with Crippen molar-refractivity contribution in [1.29, 1.82) is 0 Å². The van der Waals surface area contributed by atoms with E-state index in [2.05, 4.69) is 10.1 Å². The number of carboxylic acid groups (broad SMARTS) is 1. The highest BCUT2D eigenvalue weighted by Gasteiger charge is 2.14. The molecule has 5 nitrogen and oxygen atoms in total. The van der Waals surface area contributed by atoms with Gasteiger partial charge in [-0.2, -0.15) is 8.78 Å². The van der Waals surface area contributed by atoms with Gasteiger partial charge in [0.1, 0.15) is 0 Å². The third kappa shape index (κ3) is 6.15. The average molecular weight is 305 g/mol. The number of nitrogens with one attached hydrogen (secondary N) is 1. The van der Waals surface area contributed by atoms with Crippen molar-refractivity contribution in [3.8, 4) is 5.75 Å². The number of amides is 1. The second kappa shape index (κ2) is 7.51. The molecule has 0 aliphatic rings. The van der Waals surface area contributed by atoms with Crippen LogP contribution in [0.15, 0.2) is 18.2 Å². The summed E-state index contributed by atoms with van der Waals surface area (Å²) in [5.74, 6) is -3.55. The Bertz CT molecular complexity index is 522. The first-order chi connectivity index (χ1) is 9.77. The summed E-state index contributed by atoms with van der Waals surface area (Å²) in [6.45, 7) is -1.55. The maximum Gasteiger partial charge on any atom is 0.387 e. The topological polar surface area (TPSA) is 75.6 Å². The zero-order chi connectivity index (χ0) is 16.0. The molecule has 0 saturated heterocycles. The van der Waals surface area contributed by atoms with Gasteiger partial charge in [-0.05, 0) is 18.1 Å². The highest BCUT2D eigenvalue weighted by Crippen LogP contribution is 2.23. The normalized spacial score (nSPS) is 12.0. The number of aliphatic carboxylic acids is 1. The molecule has 0 heterocycles. The quantitative estimate of drug-likeness (QED) is 0.812. The molecule has 0 radical (unpaired) electrons. The molecule has 0 aliphatic carbocycles. The number of alkyl halides is 2. The first-order valence-corrected chi connectivity index (χ1v) is 6.04. The number of hydrogen-bond donors (Lipinski definition) is 2. The van der Waals surface area contributed by atoms with Crippen LogP contribution in [-0.4, -0.2) is 23.6 Å². The highest BCUT2D eigenvalue weighted by atomic mass is 19.3. The number of ether oxygens (including phenoxy) is 1. The standard InChI is InChI=1S/C13H14F3NO4/c1-7(5-12(19)20)4-11(18)17-8-2-3-10(9(14)6-8)21-13(15)16/h2-3,6-7,13H,4-5H2,1H3,(H,17,18)(H,19,20). The summed E-state index contributed by atoms with van der Waals surface area (Å²) in [5.41, 5.74) is 0.0710. The minimum Gasteiger partial charge on any atom is -0.481 e. The predicted octanol–water partition coefficient (Wildman–Crippen LogP) is 2.87. The number of rotatable bonds is 7. The molecule has 0 bridgehead atoms. The first-order valence-electron chi connectivity index (χ1n) is 6.04. The lowest BCUT2D eigenvalue weighted by atomic mass is 10.0. The Labute approximate surface area is 118 Å². The third-order valence-electron chi connectivity index (χ3n) is 2.49. The highest BCUT2D eigenvalue weighted by molar-refractivity contribution is 5.91. The van der Waals surface area contributed by atoms with Gasteiger partial charge in [-0.25, -0.2) is 4.39 Å². The molecule has 116 valence electrons. The number of halogens is 3. The van der Waals surface area contributed by atoms with Crippen LogP contribution < -0.4 is 10.1 Å². The average Bonchev–Trinajstić information content (AvgIpc) is 2.30. The lowest BCUT2D eigenvalue weighted by molar-refractivity contribution is -0.138. The van der Waals surface area contributed by atoms with Crippen molar-refractivity contribution < 1.29 is 32.6 Å². The van der Waals surface area contributed by atoms with E-state index in [1.165, 1.54) is 6.07 Å². The molecule has 1 amide bonds. The number of hydrogen-bond acceptors (Lipinski definition) is 3. The summed E-state index contributed by atoms with van der Waals surface area (Å²) in [5, 5.41) is 10.9. The van der Waals surface area contributed by atoms with Crippen LogP contribution in [-0.2, 0) is 9.59 Å². The van der Waals surface area contributed by atoms with E-state index in [1.807, 2.05) is 0 Å².